The van der Waals surface area contributed by atoms with Gasteiger partial charge in [0.1, 0.15) is 12.2 Å². The highest BCUT2D eigenvalue weighted by atomic mass is 15.2. The summed E-state index contributed by atoms with van der Waals surface area (Å²) in [6, 6.07) is 0.938. The fourth-order valence-corrected chi connectivity index (χ4v) is 2.59. The summed E-state index contributed by atoms with van der Waals surface area (Å²) in [5, 5.41) is 10.4. The molecule has 0 amide bonds. The normalized spacial score (nSPS) is 27.9. The molecular formula is C12H22N4. The second kappa shape index (κ2) is 5.43. The smallest absolute Gasteiger partial charge is 0.141 e. The molecule has 4 nitrogen and oxygen atoms in total. The molecule has 0 bridgehead atoms. The van der Waals surface area contributed by atoms with E-state index >= 15 is 0 Å². The Morgan fingerprint density at radius 1 is 1.44 bits per heavy atom. The molecule has 4 heteroatoms. The first-order chi connectivity index (χ1) is 7.79. The number of hydrogen-bond acceptors (Lipinski definition) is 3. The molecule has 0 radical (unpaired) electrons. The third-order valence-corrected chi connectivity index (χ3v) is 3.75. The topological polar surface area (TPSA) is 53.6 Å². The van der Waals surface area contributed by atoms with Gasteiger partial charge in [0.15, 0.2) is 0 Å². The molecule has 16 heavy (non-hydrogen) atoms. The predicted molar refractivity (Wildman–Crippen MR) is 64.0 cm³/mol. The molecule has 1 atom stereocenters. The minimum Gasteiger partial charge on any atom is -0.305 e. The van der Waals surface area contributed by atoms with Crippen LogP contribution < -0.4 is 5.32 Å². The molecule has 1 fully saturated rings. The lowest BCUT2D eigenvalue weighted by Gasteiger charge is -2.30. The van der Waals surface area contributed by atoms with Crippen molar-refractivity contribution in [2.45, 2.75) is 58.0 Å². The number of nitrogens with one attached hydrogen (secondary N) is 2. The number of rotatable bonds is 4. The van der Waals surface area contributed by atoms with Gasteiger partial charge in [-0.05, 0) is 38.5 Å². The van der Waals surface area contributed by atoms with E-state index in [1.54, 1.807) is 6.33 Å². The van der Waals surface area contributed by atoms with E-state index in [1.807, 2.05) is 0 Å². The highest BCUT2D eigenvalue weighted by molar-refractivity contribution is 4.91. The van der Waals surface area contributed by atoms with Crippen molar-refractivity contribution >= 4 is 0 Å². The Labute approximate surface area is 97.2 Å². The Hall–Kier alpha value is -0.900. The molecule has 1 unspecified atom stereocenters. The Balaban J connectivity index is 1.78. The molecule has 1 saturated carbocycles. The van der Waals surface area contributed by atoms with Gasteiger partial charge in [-0.3, -0.25) is 5.10 Å². The molecular weight excluding hydrogens is 200 g/mol. The van der Waals surface area contributed by atoms with Gasteiger partial charge >= 0.3 is 0 Å². The zero-order valence-electron chi connectivity index (χ0n) is 10.2. The van der Waals surface area contributed by atoms with E-state index in [0.717, 1.165) is 11.7 Å². The van der Waals surface area contributed by atoms with Crippen molar-refractivity contribution in [3.05, 3.63) is 12.2 Å². The first-order valence-corrected chi connectivity index (χ1v) is 6.41. The molecule has 0 spiro atoms. The van der Waals surface area contributed by atoms with Crippen molar-refractivity contribution in [2.75, 3.05) is 0 Å². The number of aromatic nitrogens is 3. The van der Waals surface area contributed by atoms with Gasteiger partial charge < -0.3 is 5.32 Å². The number of H-pyrrole nitrogens is 1. The minimum atomic E-state index is 0.283. The summed E-state index contributed by atoms with van der Waals surface area (Å²) in [4.78, 5) is 4.18. The van der Waals surface area contributed by atoms with Crippen LogP contribution in [0.3, 0.4) is 0 Å². The highest BCUT2D eigenvalue weighted by Crippen LogP contribution is 2.27. The quantitative estimate of drug-likeness (QED) is 0.822. The van der Waals surface area contributed by atoms with Gasteiger partial charge in [0.05, 0.1) is 6.04 Å². The Bertz CT molecular complexity index is 288. The Morgan fingerprint density at radius 3 is 2.75 bits per heavy atom. The van der Waals surface area contributed by atoms with Crippen LogP contribution in [0.2, 0.25) is 0 Å². The Morgan fingerprint density at radius 2 is 2.19 bits per heavy atom. The standard InChI is InChI=1S/C12H22N4/c1-3-10-4-6-11(7-5-10)15-9(2)12-13-8-14-16-12/h8-11,15H,3-7H2,1-2H3,(H,13,14,16). The lowest BCUT2D eigenvalue weighted by atomic mass is 9.84. The first kappa shape index (κ1) is 11.6. The maximum atomic E-state index is 4.18. The van der Waals surface area contributed by atoms with Crippen molar-refractivity contribution in [1.82, 2.24) is 20.5 Å². The second-order valence-corrected chi connectivity index (χ2v) is 4.88. The van der Waals surface area contributed by atoms with Crippen LogP contribution in [0.1, 0.15) is 57.8 Å². The zero-order valence-corrected chi connectivity index (χ0v) is 10.2. The van der Waals surface area contributed by atoms with Gasteiger partial charge in [0.2, 0.25) is 0 Å². The van der Waals surface area contributed by atoms with Gasteiger partial charge in [-0.2, -0.15) is 5.10 Å². The lowest BCUT2D eigenvalue weighted by Crippen LogP contribution is -2.35. The van der Waals surface area contributed by atoms with E-state index in [4.69, 9.17) is 0 Å². The summed E-state index contributed by atoms with van der Waals surface area (Å²) in [5.41, 5.74) is 0. The molecule has 90 valence electrons. The maximum Gasteiger partial charge on any atom is 0.141 e. The van der Waals surface area contributed by atoms with Crippen LogP contribution in [-0.2, 0) is 0 Å². The van der Waals surface area contributed by atoms with Gasteiger partial charge in [-0.25, -0.2) is 4.98 Å². The molecule has 1 aromatic rings. The van der Waals surface area contributed by atoms with Crippen LogP contribution in [0.25, 0.3) is 0 Å². The van der Waals surface area contributed by atoms with Crippen LogP contribution in [0, 0.1) is 5.92 Å². The highest BCUT2D eigenvalue weighted by Gasteiger charge is 2.21. The molecule has 2 rings (SSSR count). The first-order valence-electron chi connectivity index (χ1n) is 6.41. The third-order valence-electron chi connectivity index (χ3n) is 3.75. The Kier molecular flexibility index (Phi) is 3.93. The van der Waals surface area contributed by atoms with Gasteiger partial charge in [-0.1, -0.05) is 13.3 Å². The third kappa shape index (κ3) is 2.82. The van der Waals surface area contributed by atoms with Crippen LogP contribution >= 0.6 is 0 Å². The van der Waals surface area contributed by atoms with Crippen molar-refractivity contribution in [1.29, 1.82) is 0 Å². The second-order valence-electron chi connectivity index (χ2n) is 4.88. The zero-order chi connectivity index (χ0) is 11.4. The molecule has 1 aromatic heterocycles. The van der Waals surface area contributed by atoms with Crippen molar-refractivity contribution in [3.63, 3.8) is 0 Å². The summed E-state index contributed by atoms with van der Waals surface area (Å²) in [6.45, 7) is 4.45. The number of hydrogen-bond donors (Lipinski definition) is 2. The average Bonchev–Trinajstić information content (AvgIpc) is 2.83. The molecule has 1 aliphatic rings. The van der Waals surface area contributed by atoms with Crippen LogP contribution in [-0.4, -0.2) is 21.2 Å². The molecule has 0 aliphatic heterocycles. The summed E-state index contributed by atoms with van der Waals surface area (Å²) >= 11 is 0. The van der Waals surface area contributed by atoms with E-state index in [-0.39, 0.29) is 6.04 Å². The van der Waals surface area contributed by atoms with Gasteiger partial charge in [0.25, 0.3) is 0 Å². The summed E-state index contributed by atoms with van der Waals surface area (Å²) in [6.07, 6.45) is 8.26. The van der Waals surface area contributed by atoms with E-state index in [2.05, 4.69) is 34.3 Å². The van der Waals surface area contributed by atoms with Crippen LogP contribution in [0.5, 0.6) is 0 Å². The fourth-order valence-electron chi connectivity index (χ4n) is 2.59. The van der Waals surface area contributed by atoms with E-state index in [0.29, 0.717) is 6.04 Å². The molecule has 0 saturated heterocycles. The van der Waals surface area contributed by atoms with Crippen molar-refractivity contribution in [2.24, 2.45) is 5.92 Å². The minimum absolute atomic E-state index is 0.283. The molecule has 1 heterocycles. The lowest BCUT2D eigenvalue weighted by molar-refractivity contribution is 0.271. The predicted octanol–water partition coefficient (Wildman–Crippen LogP) is 2.42. The number of aromatic amines is 1. The van der Waals surface area contributed by atoms with Crippen molar-refractivity contribution < 1.29 is 0 Å². The van der Waals surface area contributed by atoms with E-state index < -0.39 is 0 Å². The van der Waals surface area contributed by atoms with E-state index in [1.165, 1.54) is 32.1 Å². The largest absolute Gasteiger partial charge is 0.305 e. The maximum absolute atomic E-state index is 4.18. The number of nitrogens with zero attached hydrogens (tertiary/aromatic N) is 2. The monoisotopic (exact) mass is 222 g/mol. The SMILES string of the molecule is CCC1CCC(NC(C)c2ncn[nH]2)CC1. The summed E-state index contributed by atoms with van der Waals surface area (Å²) in [7, 11) is 0. The summed E-state index contributed by atoms with van der Waals surface area (Å²) < 4.78 is 0. The molecule has 0 aromatic carbocycles. The molecule has 2 N–H and O–H groups in total. The van der Waals surface area contributed by atoms with Crippen LogP contribution in [0.4, 0.5) is 0 Å². The van der Waals surface area contributed by atoms with Gasteiger partial charge in [-0.15, -0.1) is 0 Å². The molecule has 1 aliphatic carbocycles. The average molecular weight is 222 g/mol. The van der Waals surface area contributed by atoms with Crippen LogP contribution in [0.15, 0.2) is 6.33 Å². The van der Waals surface area contributed by atoms with Gasteiger partial charge in [0, 0.05) is 6.04 Å². The van der Waals surface area contributed by atoms with Crippen molar-refractivity contribution in [3.8, 4) is 0 Å². The summed E-state index contributed by atoms with van der Waals surface area (Å²) in [5.74, 6) is 1.90. The fraction of sp³-hybridized carbons (Fsp3) is 0.833. The van der Waals surface area contributed by atoms with E-state index in [9.17, 15) is 0 Å².